The number of oxazole rings is 1. The smallest absolute Gasteiger partial charge is 0.220 e. The molecule has 0 aliphatic heterocycles. The van der Waals surface area contributed by atoms with Crippen molar-refractivity contribution < 1.29 is 9.52 Å². The summed E-state index contributed by atoms with van der Waals surface area (Å²) in [5.41, 5.74) is 3.54. The average Bonchev–Trinajstić information content (AvgIpc) is 2.87. The second-order valence-electron chi connectivity index (χ2n) is 5.02. The lowest BCUT2D eigenvalue weighted by Crippen LogP contribution is -2.07. The van der Waals surface area contributed by atoms with Gasteiger partial charge in [-0.3, -0.25) is 0 Å². The number of aromatic hydroxyl groups is 1. The van der Waals surface area contributed by atoms with Gasteiger partial charge in [0.05, 0.1) is 0 Å². The number of phenols is 1. The van der Waals surface area contributed by atoms with Crippen LogP contribution < -0.4 is 4.90 Å². The number of phenolic OH excluding ortho intramolecular Hbond substituents is 1. The highest BCUT2D eigenvalue weighted by Gasteiger charge is 2.03. The van der Waals surface area contributed by atoms with Crippen LogP contribution >= 0.6 is 0 Å². The number of hydrogen-bond donors (Lipinski definition) is 1. The molecule has 1 aromatic heterocycles. The van der Waals surface area contributed by atoms with Crippen LogP contribution in [0.15, 0.2) is 46.9 Å². The van der Waals surface area contributed by atoms with Crippen molar-refractivity contribution in [3.05, 3.63) is 53.9 Å². The van der Waals surface area contributed by atoms with Crippen molar-refractivity contribution in [2.75, 3.05) is 19.0 Å². The van der Waals surface area contributed by atoms with Crippen molar-refractivity contribution in [2.24, 2.45) is 0 Å². The van der Waals surface area contributed by atoms with Crippen LogP contribution in [-0.4, -0.2) is 24.2 Å². The second-order valence-corrected chi connectivity index (χ2v) is 5.02. The molecule has 21 heavy (non-hydrogen) atoms. The van der Waals surface area contributed by atoms with Crippen LogP contribution in [0.25, 0.3) is 23.3 Å². The minimum atomic E-state index is 0.186. The SMILES string of the molecule is CN(C)c1ccc(C=Cc2nc3cc(O)ccc3o2)cc1. The van der Waals surface area contributed by atoms with Gasteiger partial charge in [-0.25, -0.2) is 4.98 Å². The third kappa shape index (κ3) is 2.89. The van der Waals surface area contributed by atoms with E-state index in [1.165, 1.54) is 0 Å². The van der Waals surface area contributed by atoms with E-state index in [0.717, 1.165) is 11.3 Å². The van der Waals surface area contributed by atoms with Crippen LogP contribution in [-0.2, 0) is 0 Å². The van der Waals surface area contributed by atoms with Crippen LogP contribution in [0.4, 0.5) is 5.69 Å². The Bertz CT molecular complexity index is 786. The van der Waals surface area contributed by atoms with Gasteiger partial charge < -0.3 is 14.4 Å². The molecule has 0 aliphatic rings. The Morgan fingerprint density at radius 1 is 1.05 bits per heavy atom. The molecule has 0 saturated heterocycles. The number of hydrogen-bond acceptors (Lipinski definition) is 4. The van der Waals surface area contributed by atoms with Gasteiger partial charge >= 0.3 is 0 Å². The Morgan fingerprint density at radius 3 is 2.52 bits per heavy atom. The first-order valence-electron chi connectivity index (χ1n) is 6.67. The zero-order valence-corrected chi connectivity index (χ0v) is 11.9. The molecule has 0 saturated carbocycles. The molecule has 0 aliphatic carbocycles. The van der Waals surface area contributed by atoms with Gasteiger partial charge in [0.25, 0.3) is 0 Å². The number of benzene rings is 2. The molecular weight excluding hydrogens is 264 g/mol. The molecule has 0 amide bonds. The molecule has 0 spiro atoms. The molecule has 106 valence electrons. The van der Waals surface area contributed by atoms with Crippen molar-refractivity contribution in [3.8, 4) is 5.75 Å². The first-order valence-corrected chi connectivity index (χ1v) is 6.67. The van der Waals surface area contributed by atoms with Crippen LogP contribution in [0.3, 0.4) is 0 Å². The molecular formula is C17H16N2O2. The lowest BCUT2D eigenvalue weighted by atomic mass is 10.2. The maximum Gasteiger partial charge on any atom is 0.220 e. The summed E-state index contributed by atoms with van der Waals surface area (Å²) in [6.45, 7) is 0. The zero-order chi connectivity index (χ0) is 14.8. The van der Waals surface area contributed by atoms with Crippen LogP contribution in [0.5, 0.6) is 5.75 Å². The van der Waals surface area contributed by atoms with E-state index in [-0.39, 0.29) is 5.75 Å². The van der Waals surface area contributed by atoms with Gasteiger partial charge in [-0.15, -0.1) is 0 Å². The fourth-order valence-electron chi connectivity index (χ4n) is 2.06. The molecule has 4 nitrogen and oxygen atoms in total. The Kier molecular flexibility index (Phi) is 3.36. The minimum absolute atomic E-state index is 0.186. The van der Waals surface area contributed by atoms with Gasteiger partial charge in [0, 0.05) is 31.9 Å². The van der Waals surface area contributed by atoms with Crippen molar-refractivity contribution in [3.63, 3.8) is 0 Å². The summed E-state index contributed by atoms with van der Waals surface area (Å²) in [4.78, 5) is 6.37. The van der Waals surface area contributed by atoms with E-state index in [9.17, 15) is 5.11 Å². The lowest BCUT2D eigenvalue weighted by Gasteiger charge is -2.11. The maximum atomic E-state index is 9.41. The van der Waals surface area contributed by atoms with E-state index >= 15 is 0 Å². The van der Waals surface area contributed by atoms with Crippen molar-refractivity contribution >= 4 is 28.9 Å². The van der Waals surface area contributed by atoms with Gasteiger partial charge in [0.1, 0.15) is 11.3 Å². The minimum Gasteiger partial charge on any atom is -0.508 e. The van der Waals surface area contributed by atoms with Gasteiger partial charge in [0.15, 0.2) is 5.58 Å². The third-order valence-corrected chi connectivity index (χ3v) is 3.22. The highest BCUT2D eigenvalue weighted by molar-refractivity contribution is 5.77. The molecule has 0 bridgehead atoms. The fourth-order valence-corrected chi connectivity index (χ4v) is 2.06. The zero-order valence-electron chi connectivity index (χ0n) is 11.9. The summed E-state index contributed by atoms with van der Waals surface area (Å²) in [6.07, 6.45) is 3.77. The van der Waals surface area contributed by atoms with Gasteiger partial charge in [-0.2, -0.15) is 0 Å². The third-order valence-electron chi connectivity index (χ3n) is 3.22. The van der Waals surface area contributed by atoms with Gasteiger partial charge in [-0.05, 0) is 35.9 Å². The first kappa shape index (κ1) is 13.2. The Morgan fingerprint density at radius 2 is 1.81 bits per heavy atom. The van der Waals surface area contributed by atoms with E-state index in [1.54, 1.807) is 18.2 Å². The molecule has 0 atom stereocenters. The van der Waals surface area contributed by atoms with Crippen molar-refractivity contribution in [1.82, 2.24) is 4.98 Å². The molecule has 4 heteroatoms. The summed E-state index contributed by atoms with van der Waals surface area (Å²) >= 11 is 0. The fraction of sp³-hybridized carbons (Fsp3) is 0.118. The highest BCUT2D eigenvalue weighted by atomic mass is 16.3. The molecule has 0 fully saturated rings. The molecule has 3 rings (SSSR count). The normalized spacial score (nSPS) is 11.3. The van der Waals surface area contributed by atoms with Gasteiger partial charge in [0.2, 0.25) is 5.89 Å². The quantitative estimate of drug-likeness (QED) is 0.793. The molecule has 0 radical (unpaired) electrons. The summed E-state index contributed by atoms with van der Waals surface area (Å²) in [6, 6.07) is 13.1. The summed E-state index contributed by atoms with van der Waals surface area (Å²) in [7, 11) is 4.02. The van der Waals surface area contributed by atoms with Crippen molar-refractivity contribution in [2.45, 2.75) is 0 Å². The average molecular weight is 280 g/mol. The standard InChI is InChI=1S/C17H16N2O2/c1-19(2)13-6-3-12(4-7-13)5-10-17-18-15-11-14(20)8-9-16(15)21-17/h3-11,20H,1-2H3. The van der Waals surface area contributed by atoms with Crippen LogP contribution in [0.2, 0.25) is 0 Å². The predicted octanol–water partition coefficient (Wildman–Crippen LogP) is 3.77. The van der Waals surface area contributed by atoms with E-state index in [1.807, 2.05) is 38.4 Å². The maximum absolute atomic E-state index is 9.41. The van der Waals surface area contributed by atoms with E-state index in [2.05, 4.69) is 22.0 Å². The Balaban J connectivity index is 1.83. The number of aromatic nitrogens is 1. The number of nitrogens with zero attached hydrogens (tertiary/aromatic N) is 2. The number of rotatable bonds is 3. The summed E-state index contributed by atoms with van der Waals surface area (Å²) in [5, 5.41) is 9.41. The summed E-state index contributed by atoms with van der Waals surface area (Å²) in [5.74, 6) is 0.706. The topological polar surface area (TPSA) is 49.5 Å². The Labute approximate surface area is 123 Å². The van der Waals surface area contributed by atoms with E-state index in [4.69, 9.17) is 4.42 Å². The van der Waals surface area contributed by atoms with Crippen molar-refractivity contribution in [1.29, 1.82) is 0 Å². The van der Waals surface area contributed by atoms with E-state index in [0.29, 0.717) is 17.0 Å². The molecule has 1 heterocycles. The molecule has 1 N–H and O–H groups in total. The summed E-state index contributed by atoms with van der Waals surface area (Å²) < 4.78 is 5.59. The van der Waals surface area contributed by atoms with Gasteiger partial charge in [-0.1, -0.05) is 12.1 Å². The number of fused-ring (bicyclic) bond motifs is 1. The monoisotopic (exact) mass is 280 g/mol. The molecule has 2 aromatic carbocycles. The van der Waals surface area contributed by atoms with Crippen LogP contribution in [0, 0.1) is 0 Å². The van der Waals surface area contributed by atoms with E-state index < -0.39 is 0 Å². The number of anilines is 1. The van der Waals surface area contributed by atoms with Crippen LogP contribution in [0.1, 0.15) is 11.5 Å². The second kappa shape index (κ2) is 5.32. The highest BCUT2D eigenvalue weighted by Crippen LogP contribution is 2.21. The molecule has 0 unspecified atom stereocenters. The Hall–Kier alpha value is -2.75. The first-order chi connectivity index (χ1) is 10.1. The predicted molar refractivity (Wildman–Crippen MR) is 85.4 cm³/mol. The lowest BCUT2D eigenvalue weighted by molar-refractivity contribution is 0.476. The largest absolute Gasteiger partial charge is 0.508 e. The molecule has 3 aromatic rings.